The number of nitrogens with one attached hydrogen (secondary N) is 1. The van der Waals surface area contributed by atoms with Crippen LogP contribution < -0.4 is 5.32 Å². The third-order valence-electron chi connectivity index (χ3n) is 1.85. The molecule has 15 heavy (non-hydrogen) atoms. The summed E-state index contributed by atoms with van der Waals surface area (Å²) in [4.78, 5) is 9.77. The van der Waals surface area contributed by atoms with Crippen LogP contribution >= 0.6 is 0 Å². The number of non-ortho nitro benzene ring substituents is 1. The Morgan fingerprint density at radius 2 is 1.87 bits per heavy atom. The third-order valence-corrected chi connectivity index (χ3v) is 1.85. The molecule has 0 radical (unpaired) electrons. The molecule has 1 unspecified atom stereocenters. The molecule has 0 aliphatic carbocycles. The molecular formula is C9H10F2N2O2. The summed E-state index contributed by atoms with van der Waals surface area (Å²) in [5, 5.41) is 12.8. The molecule has 0 saturated heterocycles. The Morgan fingerprint density at radius 1 is 1.33 bits per heavy atom. The van der Waals surface area contributed by atoms with Crippen molar-refractivity contribution in [1.82, 2.24) is 0 Å². The van der Waals surface area contributed by atoms with Gasteiger partial charge >= 0.3 is 0 Å². The van der Waals surface area contributed by atoms with E-state index in [2.05, 4.69) is 5.32 Å². The molecule has 6 heteroatoms. The van der Waals surface area contributed by atoms with E-state index in [1.54, 1.807) is 0 Å². The summed E-state index contributed by atoms with van der Waals surface area (Å²) in [6.45, 7) is 1.34. The number of nitrogens with zero attached hydrogens (tertiary/aromatic N) is 1. The maximum Gasteiger partial charge on any atom is 0.269 e. The Balaban J connectivity index is 2.68. The van der Waals surface area contributed by atoms with Gasteiger partial charge in [-0.25, -0.2) is 8.78 Å². The summed E-state index contributed by atoms with van der Waals surface area (Å²) < 4.78 is 24.3. The molecule has 0 amide bonds. The second-order valence-electron chi connectivity index (χ2n) is 3.07. The highest BCUT2D eigenvalue weighted by molar-refractivity contribution is 5.49. The monoisotopic (exact) mass is 216 g/mol. The number of nitro benzene ring substituents is 1. The standard InChI is InChI=1S/C9H10F2N2O2/c1-6(9(10)11)12-7-2-4-8(5-3-7)13(14)15/h2-6,9,12H,1H3. The minimum Gasteiger partial charge on any atom is -0.377 e. The molecule has 1 aromatic rings. The summed E-state index contributed by atoms with van der Waals surface area (Å²) in [5.74, 6) is 0. The SMILES string of the molecule is CC(Nc1ccc([N+](=O)[O-])cc1)C(F)F. The molecule has 0 aliphatic heterocycles. The molecule has 1 aromatic carbocycles. The van der Waals surface area contributed by atoms with Gasteiger partial charge in [0.25, 0.3) is 12.1 Å². The van der Waals surface area contributed by atoms with Gasteiger partial charge in [-0.2, -0.15) is 0 Å². The van der Waals surface area contributed by atoms with Crippen LogP contribution in [0.1, 0.15) is 6.92 Å². The van der Waals surface area contributed by atoms with Gasteiger partial charge in [0.05, 0.1) is 11.0 Å². The lowest BCUT2D eigenvalue weighted by molar-refractivity contribution is -0.384. The molecular weight excluding hydrogens is 206 g/mol. The Kier molecular flexibility index (Phi) is 3.54. The highest BCUT2D eigenvalue weighted by Gasteiger charge is 2.14. The van der Waals surface area contributed by atoms with E-state index >= 15 is 0 Å². The van der Waals surface area contributed by atoms with E-state index in [0.717, 1.165) is 0 Å². The van der Waals surface area contributed by atoms with Gasteiger partial charge in [0.15, 0.2) is 0 Å². The van der Waals surface area contributed by atoms with E-state index in [0.29, 0.717) is 5.69 Å². The highest BCUT2D eigenvalue weighted by atomic mass is 19.3. The summed E-state index contributed by atoms with van der Waals surface area (Å²) in [6.07, 6.45) is -2.47. The van der Waals surface area contributed by atoms with Crippen molar-refractivity contribution in [2.75, 3.05) is 5.32 Å². The van der Waals surface area contributed by atoms with Crippen molar-refractivity contribution >= 4 is 11.4 Å². The fourth-order valence-corrected chi connectivity index (χ4v) is 1.01. The molecule has 0 fully saturated rings. The molecule has 4 nitrogen and oxygen atoms in total. The predicted octanol–water partition coefficient (Wildman–Crippen LogP) is 2.66. The number of rotatable bonds is 4. The average molecular weight is 216 g/mol. The molecule has 0 saturated carbocycles. The van der Waals surface area contributed by atoms with Gasteiger partial charge in [-0.3, -0.25) is 10.1 Å². The highest BCUT2D eigenvalue weighted by Crippen LogP contribution is 2.17. The van der Waals surface area contributed by atoms with Gasteiger partial charge in [0.2, 0.25) is 0 Å². The first-order valence-corrected chi connectivity index (χ1v) is 4.30. The van der Waals surface area contributed by atoms with Crippen molar-refractivity contribution in [3.05, 3.63) is 34.4 Å². The zero-order valence-corrected chi connectivity index (χ0v) is 7.98. The van der Waals surface area contributed by atoms with Crippen LogP contribution in [0, 0.1) is 10.1 Å². The minimum atomic E-state index is -2.47. The van der Waals surface area contributed by atoms with Gasteiger partial charge in [-0.15, -0.1) is 0 Å². The van der Waals surface area contributed by atoms with E-state index < -0.39 is 17.4 Å². The van der Waals surface area contributed by atoms with Crippen LogP contribution in [0.4, 0.5) is 20.2 Å². The van der Waals surface area contributed by atoms with Crippen molar-refractivity contribution in [2.45, 2.75) is 19.4 Å². The smallest absolute Gasteiger partial charge is 0.269 e. The van der Waals surface area contributed by atoms with Crippen LogP contribution in [0.3, 0.4) is 0 Å². The lowest BCUT2D eigenvalue weighted by atomic mass is 10.2. The number of anilines is 1. The Labute approximate surface area is 85.1 Å². The quantitative estimate of drug-likeness (QED) is 0.621. The third kappa shape index (κ3) is 3.16. The lowest BCUT2D eigenvalue weighted by Gasteiger charge is -2.13. The van der Waals surface area contributed by atoms with E-state index in [4.69, 9.17) is 0 Å². The molecule has 0 spiro atoms. The lowest BCUT2D eigenvalue weighted by Crippen LogP contribution is -2.23. The first-order chi connectivity index (χ1) is 7.00. The van der Waals surface area contributed by atoms with Gasteiger partial charge in [-0.05, 0) is 19.1 Å². The Morgan fingerprint density at radius 3 is 2.27 bits per heavy atom. The summed E-state index contributed by atoms with van der Waals surface area (Å²) in [6, 6.07) is 4.35. The molecule has 0 heterocycles. The molecule has 0 aromatic heterocycles. The number of hydrogen-bond acceptors (Lipinski definition) is 3. The minimum absolute atomic E-state index is 0.0646. The first-order valence-electron chi connectivity index (χ1n) is 4.30. The fraction of sp³-hybridized carbons (Fsp3) is 0.333. The second-order valence-corrected chi connectivity index (χ2v) is 3.07. The van der Waals surface area contributed by atoms with Gasteiger partial charge in [-0.1, -0.05) is 0 Å². The molecule has 1 atom stereocenters. The zero-order valence-electron chi connectivity index (χ0n) is 7.98. The van der Waals surface area contributed by atoms with E-state index in [1.807, 2.05) is 0 Å². The van der Waals surface area contributed by atoms with Crippen molar-refractivity contribution < 1.29 is 13.7 Å². The number of nitro groups is 1. The van der Waals surface area contributed by atoms with Crippen LogP contribution in [0.2, 0.25) is 0 Å². The van der Waals surface area contributed by atoms with E-state index in [1.165, 1.54) is 31.2 Å². The molecule has 1 N–H and O–H groups in total. The van der Waals surface area contributed by atoms with Crippen molar-refractivity contribution in [2.24, 2.45) is 0 Å². The number of benzene rings is 1. The maximum atomic E-state index is 12.2. The summed E-state index contributed by atoms with van der Waals surface area (Å²) in [7, 11) is 0. The topological polar surface area (TPSA) is 55.2 Å². The number of halogens is 2. The maximum absolute atomic E-state index is 12.2. The fourth-order valence-electron chi connectivity index (χ4n) is 1.01. The van der Waals surface area contributed by atoms with Crippen LogP contribution in [0.15, 0.2) is 24.3 Å². The van der Waals surface area contributed by atoms with Crippen LogP contribution in [-0.2, 0) is 0 Å². The number of hydrogen-bond donors (Lipinski definition) is 1. The number of alkyl halides is 2. The van der Waals surface area contributed by atoms with E-state index in [9.17, 15) is 18.9 Å². The van der Waals surface area contributed by atoms with Crippen molar-refractivity contribution in [1.29, 1.82) is 0 Å². The predicted molar refractivity (Wildman–Crippen MR) is 52.2 cm³/mol. The van der Waals surface area contributed by atoms with Crippen LogP contribution in [-0.4, -0.2) is 17.4 Å². The Bertz CT molecular complexity index is 340. The molecule has 1 rings (SSSR count). The molecule has 0 aliphatic rings. The van der Waals surface area contributed by atoms with Crippen molar-refractivity contribution in [3.8, 4) is 0 Å². The summed E-state index contributed by atoms with van der Waals surface area (Å²) >= 11 is 0. The van der Waals surface area contributed by atoms with Gasteiger partial charge in [0.1, 0.15) is 0 Å². The van der Waals surface area contributed by atoms with Gasteiger partial charge in [0, 0.05) is 17.8 Å². The molecule has 0 bridgehead atoms. The largest absolute Gasteiger partial charge is 0.377 e. The van der Waals surface area contributed by atoms with Gasteiger partial charge < -0.3 is 5.32 Å². The van der Waals surface area contributed by atoms with E-state index in [-0.39, 0.29) is 5.69 Å². The summed E-state index contributed by atoms with van der Waals surface area (Å²) in [5.41, 5.74) is 0.374. The molecule has 82 valence electrons. The van der Waals surface area contributed by atoms with Crippen LogP contribution in [0.25, 0.3) is 0 Å². The normalized spacial score (nSPS) is 12.5. The second kappa shape index (κ2) is 4.68. The van der Waals surface area contributed by atoms with Crippen LogP contribution in [0.5, 0.6) is 0 Å². The first kappa shape index (κ1) is 11.4. The zero-order chi connectivity index (χ0) is 11.4. The Hall–Kier alpha value is -1.72. The average Bonchev–Trinajstić information content (AvgIpc) is 2.18. The van der Waals surface area contributed by atoms with Crippen molar-refractivity contribution in [3.63, 3.8) is 0 Å².